The van der Waals surface area contributed by atoms with E-state index >= 15 is 0 Å². The van der Waals surface area contributed by atoms with Gasteiger partial charge in [-0.1, -0.05) is 11.3 Å². The molecule has 0 spiro atoms. The Morgan fingerprint density at radius 3 is 2.56 bits per heavy atom. The minimum absolute atomic E-state index is 0.153. The number of carbonyl (C=O) groups is 2. The van der Waals surface area contributed by atoms with Crippen LogP contribution in [0.4, 0.5) is 13.2 Å². The number of likely N-dealkylation sites (tertiary alicyclic amines) is 1. The van der Waals surface area contributed by atoms with Crippen molar-refractivity contribution in [1.82, 2.24) is 19.9 Å². The van der Waals surface area contributed by atoms with E-state index in [1.807, 2.05) is 0 Å². The van der Waals surface area contributed by atoms with Crippen LogP contribution in [0.25, 0.3) is 5.69 Å². The Kier molecular flexibility index (Phi) is 4.19. The molecule has 0 bridgehead atoms. The monoisotopic (exact) mass is 354 g/mol. The van der Waals surface area contributed by atoms with E-state index in [0.717, 1.165) is 4.90 Å². The molecule has 0 unspecified atom stereocenters. The van der Waals surface area contributed by atoms with E-state index < -0.39 is 43.0 Å². The molecule has 1 aliphatic heterocycles. The van der Waals surface area contributed by atoms with Crippen LogP contribution in [-0.4, -0.2) is 56.1 Å². The highest BCUT2D eigenvalue weighted by molar-refractivity contribution is 5.95. The van der Waals surface area contributed by atoms with Crippen LogP contribution >= 0.6 is 0 Å². The van der Waals surface area contributed by atoms with Crippen LogP contribution in [0.15, 0.2) is 36.7 Å². The third kappa shape index (κ3) is 3.32. The summed E-state index contributed by atoms with van der Waals surface area (Å²) in [5, 5.41) is 16.5. The summed E-state index contributed by atoms with van der Waals surface area (Å²) in [7, 11) is 0. The first-order chi connectivity index (χ1) is 11.8. The molecule has 1 aromatic heterocycles. The van der Waals surface area contributed by atoms with Gasteiger partial charge in [0.2, 0.25) is 0 Å². The van der Waals surface area contributed by atoms with E-state index in [0.29, 0.717) is 5.69 Å². The van der Waals surface area contributed by atoms with Crippen LogP contribution in [0.2, 0.25) is 0 Å². The van der Waals surface area contributed by atoms with Crippen molar-refractivity contribution in [2.45, 2.75) is 6.18 Å². The fourth-order valence-corrected chi connectivity index (χ4v) is 2.86. The maximum atomic E-state index is 13.0. The third-order valence-corrected chi connectivity index (χ3v) is 4.12. The molecule has 0 aliphatic carbocycles. The lowest BCUT2D eigenvalue weighted by Gasteiger charge is -2.18. The van der Waals surface area contributed by atoms with Crippen LogP contribution in [0.1, 0.15) is 10.4 Å². The normalized spacial score (nSPS) is 20.7. The van der Waals surface area contributed by atoms with E-state index in [1.54, 1.807) is 18.3 Å². The second-order valence-corrected chi connectivity index (χ2v) is 5.70. The number of carboxylic acid groups (broad SMARTS) is 1. The lowest BCUT2D eigenvalue weighted by molar-refractivity contribution is -0.187. The molecule has 25 heavy (non-hydrogen) atoms. The number of rotatable bonds is 3. The number of hydrogen-bond donors (Lipinski definition) is 1. The Morgan fingerprint density at radius 1 is 1.24 bits per heavy atom. The van der Waals surface area contributed by atoms with Gasteiger partial charge in [-0.2, -0.15) is 13.2 Å². The van der Waals surface area contributed by atoms with Gasteiger partial charge in [-0.3, -0.25) is 9.59 Å². The minimum Gasteiger partial charge on any atom is -0.481 e. The number of alkyl halides is 3. The highest BCUT2D eigenvalue weighted by Crippen LogP contribution is 2.38. The Balaban J connectivity index is 1.84. The first-order valence-electron chi connectivity index (χ1n) is 7.33. The molecule has 1 saturated heterocycles. The first-order valence-corrected chi connectivity index (χ1v) is 7.33. The number of halogens is 3. The Morgan fingerprint density at radius 2 is 2.00 bits per heavy atom. The molecule has 2 aromatic rings. The van der Waals surface area contributed by atoms with Crippen molar-refractivity contribution < 1.29 is 27.9 Å². The molecule has 1 amide bonds. The van der Waals surface area contributed by atoms with Gasteiger partial charge >= 0.3 is 12.1 Å². The zero-order chi connectivity index (χ0) is 18.2. The summed E-state index contributed by atoms with van der Waals surface area (Å²) in [6.07, 6.45) is -1.68. The van der Waals surface area contributed by atoms with Crippen LogP contribution in [0.3, 0.4) is 0 Å². The lowest BCUT2D eigenvalue weighted by Crippen LogP contribution is -2.34. The second kappa shape index (κ2) is 6.19. The quantitative estimate of drug-likeness (QED) is 0.905. The van der Waals surface area contributed by atoms with Gasteiger partial charge in [0.05, 0.1) is 29.9 Å². The summed E-state index contributed by atoms with van der Waals surface area (Å²) < 4.78 is 40.5. The van der Waals surface area contributed by atoms with Gasteiger partial charge < -0.3 is 10.0 Å². The molecular formula is C15H13F3N4O3. The molecule has 2 atom stereocenters. The average molecular weight is 354 g/mol. The molecule has 1 aliphatic rings. The number of hydrogen-bond acceptors (Lipinski definition) is 4. The van der Waals surface area contributed by atoms with Gasteiger partial charge in [0.1, 0.15) is 0 Å². The highest BCUT2D eigenvalue weighted by Gasteiger charge is 2.53. The lowest BCUT2D eigenvalue weighted by atomic mass is 9.96. The first kappa shape index (κ1) is 16.9. The van der Waals surface area contributed by atoms with E-state index in [4.69, 9.17) is 5.11 Å². The molecule has 1 aromatic carbocycles. The van der Waals surface area contributed by atoms with Crippen molar-refractivity contribution in [2.24, 2.45) is 11.8 Å². The number of amides is 1. The summed E-state index contributed by atoms with van der Waals surface area (Å²) >= 11 is 0. The summed E-state index contributed by atoms with van der Waals surface area (Å²) in [6.45, 7) is -1.15. The van der Waals surface area contributed by atoms with Crippen molar-refractivity contribution in [3.63, 3.8) is 0 Å². The summed E-state index contributed by atoms with van der Waals surface area (Å²) in [5.41, 5.74) is 0.671. The molecule has 2 heterocycles. The van der Waals surface area contributed by atoms with Crippen molar-refractivity contribution in [3.8, 4) is 5.69 Å². The van der Waals surface area contributed by atoms with Gasteiger partial charge in [-0.05, 0) is 18.2 Å². The number of carbonyl (C=O) groups excluding carboxylic acids is 1. The average Bonchev–Trinajstić information content (AvgIpc) is 3.23. The molecular weight excluding hydrogens is 341 g/mol. The minimum atomic E-state index is -4.68. The Bertz CT molecular complexity index is 792. The van der Waals surface area contributed by atoms with Gasteiger partial charge in [0.25, 0.3) is 5.91 Å². The maximum Gasteiger partial charge on any atom is 0.394 e. The number of carboxylic acids is 1. The van der Waals surface area contributed by atoms with Crippen molar-refractivity contribution >= 4 is 11.9 Å². The molecule has 10 heteroatoms. The van der Waals surface area contributed by atoms with Crippen LogP contribution in [0.5, 0.6) is 0 Å². The third-order valence-electron chi connectivity index (χ3n) is 4.12. The fraction of sp³-hybridized carbons (Fsp3) is 0.333. The van der Waals surface area contributed by atoms with Crippen molar-refractivity contribution in [1.29, 1.82) is 0 Å². The van der Waals surface area contributed by atoms with Crippen molar-refractivity contribution in [3.05, 3.63) is 42.2 Å². The van der Waals surface area contributed by atoms with Crippen molar-refractivity contribution in [2.75, 3.05) is 13.1 Å². The standard InChI is InChI=1S/C15H13F3N4O3/c16-15(17,18)12-8-21(7-11(12)14(24)25)13(23)9-2-1-3-10(6-9)22-5-4-19-20-22/h1-6,11-12H,7-8H2,(H,24,25)/t11-,12-/m1/s1. The summed E-state index contributed by atoms with van der Waals surface area (Å²) in [5.74, 6) is -5.95. The molecule has 0 saturated carbocycles. The van der Waals surface area contributed by atoms with E-state index in [1.165, 1.54) is 23.0 Å². The Hall–Kier alpha value is -2.91. The SMILES string of the molecule is O=C(O)[C@@H]1CN(C(=O)c2cccc(-n3ccnn3)c2)C[C@H]1C(F)(F)F. The zero-order valence-electron chi connectivity index (χ0n) is 12.7. The smallest absolute Gasteiger partial charge is 0.394 e. The topological polar surface area (TPSA) is 88.3 Å². The van der Waals surface area contributed by atoms with Crippen LogP contribution < -0.4 is 0 Å². The van der Waals surface area contributed by atoms with Gasteiger partial charge in [-0.15, -0.1) is 5.10 Å². The second-order valence-electron chi connectivity index (χ2n) is 5.70. The highest BCUT2D eigenvalue weighted by atomic mass is 19.4. The van der Waals surface area contributed by atoms with E-state index in [9.17, 15) is 22.8 Å². The van der Waals surface area contributed by atoms with Gasteiger partial charge in [0.15, 0.2) is 0 Å². The summed E-state index contributed by atoms with van der Waals surface area (Å²) in [4.78, 5) is 24.6. The largest absolute Gasteiger partial charge is 0.481 e. The van der Waals surface area contributed by atoms with Gasteiger partial charge in [0, 0.05) is 18.7 Å². The van der Waals surface area contributed by atoms with E-state index in [-0.39, 0.29) is 5.56 Å². The number of benzene rings is 1. The molecule has 3 rings (SSSR count). The Labute approximate surface area is 139 Å². The maximum absolute atomic E-state index is 13.0. The van der Waals surface area contributed by atoms with E-state index in [2.05, 4.69) is 10.3 Å². The predicted octanol–water partition coefficient (Wildman–Crippen LogP) is 1.60. The molecule has 1 fully saturated rings. The number of aliphatic carboxylic acids is 1. The molecule has 7 nitrogen and oxygen atoms in total. The van der Waals surface area contributed by atoms with Crippen LogP contribution in [0, 0.1) is 11.8 Å². The molecule has 1 N–H and O–H groups in total. The zero-order valence-corrected chi connectivity index (χ0v) is 12.7. The predicted molar refractivity (Wildman–Crippen MR) is 77.9 cm³/mol. The fourth-order valence-electron chi connectivity index (χ4n) is 2.86. The molecule has 132 valence electrons. The van der Waals surface area contributed by atoms with Gasteiger partial charge in [-0.25, -0.2) is 4.68 Å². The molecule has 0 radical (unpaired) electrons. The summed E-state index contributed by atoms with van der Waals surface area (Å²) in [6, 6.07) is 6.15. The number of nitrogens with zero attached hydrogens (tertiary/aromatic N) is 4. The number of aromatic nitrogens is 3. The van der Waals surface area contributed by atoms with Crippen LogP contribution in [-0.2, 0) is 4.79 Å².